The fourth-order valence-electron chi connectivity index (χ4n) is 2.43. The topological polar surface area (TPSA) is 207 Å². The van der Waals surface area contributed by atoms with Crippen LogP contribution >= 0.6 is 0 Å². The molecule has 1 saturated heterocycles. The molecule has 148 valence electrons. The number of carboxylic acids is 1. The van der Waals surface area contributed by atoms with E-state index in [0.717, 1.165) is 0 Å². The minimum atomic E-state index is -3.49. The molecule has 0 unspecified atom stereocenters. The molecule has 7 atom stereocenters. The number of amides is 1. The maximum absolute atomic E-state index is 14.6. The van der Waals surface area contributed by atoms with Crippen LogP contribution < -0.4 is 10.2 Å². The van der Waals surface area contributed by atoms with Gasteiger partial charge in [-0.25, -0.2) is 9.18 Å². The van der Waals surface area contributed by atoms with Crippen molar-refractivity contribution in [1.29, 1.82) is 5.53 Å². The number of ether oxygens (including phenoxy) is 1. The zero-order valence-electron chi connectivity index (χ0n) is 14.0. The number of nitrogens with zero attached hydrogens (tertiary/aromatic N) is 2. The fourth-order valence-corrected chi connectivity index (χ4v) is 2.43. The SMILES string of the molecule is CC(C)C(=O)N[C@@H]1[C@@H](N=[N+]=N)[C@H](F)[C@@](O)(C(=O)O)O[C@H]1[C@@H](O)[C@@H](O)CO. The van der Waals surface area contributed by atoms with E-state index in [4.69, 9.17) is 20.5 Å². The molecule has 1 heterocycles. The molecular weight excluding hydrogens is 359 g/mol. The predicted octanol–water partition coefficient (Wildman–Crippen LogP) is -2.73. The highest BCUT2D eigenvalue weighted by Crippen LogP contribution is 2.34. The van der Waals surface area contributed by atoms with Crippen LogP contribution in [0.3, 0.4) is 0 Å². The first-order chi connectivity index (χ1) is 12.0. The van der Waals surface area contributed by atoms with Crippen molar-refractivity contribution in [3.8, 4) is 0 Å². The largest absolute Gasteiger partial charge is 0.477 e. The zero-order chi connectivity index (χ0) is 20.2. The molecule has 26 heavy (non-hydrogen) atoms. The molecule has 0 radical (unpaired) electrons. The van der Waals surface area contributed by atoms with E-state index in [2.05, 4.69) is 15.3 Å². The number of carboxylic acid groups (broad SMARTS) is 1. The number of carbonyl (C=O) groups excluding carboxylic acids is 1. The molecule has 0 aromatic rings. The van der Waals surface area contributed by atoms with Gasteiger partial charge >= 0.3 is 11.8 Å². The molecule has 0 spiro atoms. The second-order valence-corrected chi connectivity index (χ2v) is 6.12. The Balaban J connectivity index is 3.42. The highest BCUT2D eigenvalue weighted by atomic mass is 19.1. The first-order valence-corrected chi connectivity index (χ1v) is 7.62. The smallest absolute Gasteiger partial charge is 0.367 e. The first-order valence-electron chi connectivity index (χ1n) is 7.62. The standard InChI is InChI=1S/C13H21FN4O8/c1-4(2)11(22)16-6-7(17-18-15)10(14)13(25,12(23)24)26-9(6)8(21)5(20)3-19/h4-10,15,19-21,25H,3H2,1-2H3,(H-,16,22,23,24)/p+1/t5-,6+,7+,8-,9+,10-,13-/m0/s1. The van der Waals surface area contributed by atoms with Crippen LogP contribution in [0.5, 0.6) is 0 Å². The normalized spacial score (nSPS) is 33.8. The summed E-state index contributed by atoms with van der Waals surface area (Å²) in [7, 11) is 0. The van der Waals surface area contributed by atoms with E-state index in [1.54, 1.807) is 0 Å². The van der Waals surface area contributed by atoms with Gasteiger partial charge in [0.1, 0.15) is 29.0 Å². The summed E-state index contributed by atoms with van der Waals surface area (Å²) in [6.45, 7) is 2.02. The van der Waals surface area contributed by atoms with Crippen LogP contribution in [0, 0.1) is 11.4 Å². The monoisotopic (exact) mass is 381 g/mol. The van der Waals surface area contributed by atoms with Gasteiger partial charge in [0.05, 0.1) is 12.6 Å². The molecule has 0 aromatic heterocycles. The molecule has 1 aliphatic rings. The highest BCUT2D eigenvalue weighted by molar-refractivity contribution is 5.79. The lowest BCUT2D eigenvalue weighted by molar-refractivity contribution is -0.305. The number of aliphatic carboxylic acids is 1. The van der Waals surface area contributed by atoms with Crippen LogP contribution in [0.1, 0.15) is 13.8 Å². The van der Waals surface area contributed by atoms with Crippen LogP contribution in [0.4, 0.5) is 4.39 Å². The summed E-state index contributed by atoms with van der Waals surface area (Å²) in [6.07, 6.45) is -8.54. The van der Waals surface area contributed by atoms with Crippen LogP contribution in [-0.4, -0.2) is 86.4 Å². The van der Waals surface area contributed by atoms with Crippen LogP contribution in [0.25, 0.3) is 0 Å². The number of hydrogen-bond acceptors (Lipinski definition) is 9. The molecule has 7 N–H and O–H groups in total. The van der Waals surface area contributed by atoms with Crippen molar-refractivity contribution in [2.45, 2.75) is 56.2 Å². The van der Waals surface area contributed by atoms with Crippen molar-refractivity contribution in [2.24, 2.45) is 11.0 Å². The Labute approximate surface area is 146 Å². The van der Waals surface area contributed by atoms with Gasteiger partial charge in [0.25, 0.3) is 0 Å². The van der Waals surface area contributed by atoms with Gasteiger partial charge in [-0.3, -0.25) is 4.79 Å². The third-order valence-electron chi connectivity index (χ3n) is 3.96. The van der Waals surface area contributed by atoms with Crippen LogP contribution in [-0.2, 0) is 14.3 Å². The maximum Gasteiger partial charge on any atom is 0.367 e. The Hall–Kier alpha value is -2.02. The Morgan fingerprint density at radius 1 is 1.42 bits per heavy atom. The summed E-state index contributed by atoms with van der Waals surface area (Å²) in [6, 6.07) is -3.51. The van der Waals surface area contributed by atoms with Crippen molar-refractivity contribution in [3.63, 3.8) is 0 Å². The van der Waals surface area contributed by atoms with Crippen molar-refractivity contribution in [2.75, 3.05) is 6.61 Å². The van der Waals surface area contributed by atoms with E-state index < -0.39 is 66.8 Å². The van der Waals surface area contributed by atoms with Crippen LogP contribution in [0.2, 0.25) is 0 Å². The molecule has 12 nitrogen and oxygen atoms in total. The number of halogens is 1. The lowest BCUT2D eigenvalue weighted by atomic mass is 9.85. The Morgan fingerprint density at radius 3 is 2.42 bits per heavy atom. The van der Waals surface area contributed by atoms with Gasteiger partial charge in [0.2, 0.25) is 10.8 Å². The number of alkyl halides is 1. The van der Waals surface area contributed by atoms with Gasteiger partial charge in [-0.15, -0.1) is 0 Å². The van der Waals surface area contributed by atoms with Gasteiger partial charge in [-0.2, -0.15) is 0 Å². The van der Waals surface area contributed by atoms with E-state index in [1.165, 1.54) is 13.8 Å². The molecule has 1 rings (SSSR count). The minimum absolute atomic E-state index is 0.609. The molecule has 0 aliphatic carbocycles. The molecule has 1 fully saturated rings. The number of aliphatic hydroxyl groups excluding tert-OH is 3. The first kappa shape index (κ1) is 22.0. The third-order valence-corrected chi connectivity index (χ3v) is 3.96. The van der Waals surface area contributed by atoms with Gasteiger partial charge in [0, 0.05) is 5.92 Å². The average Bonchev–Trinajstić information content (AvgIpc) is 2.59. The Bertz CT molecular complexity index is 586. The van der Waals surface area contributed by atoms with Crippen LogP contribution in [0.15, 0.2) is 5.11 Å². The zero-order valence-corrected chi connectivity index (χ0v) is 14.0. The molecule has 1 aliphatic heterocycles. The molecule has 0 saturated carbocycles. The number of aliphatic hydroxyl groups is 4. The molecule has 1 amide bonds. The second-order valence-electron chi connectivity index (χ2n) is 6.12. The number of nitrogens with one attached hydrogen (secondary N) is 2. The quantitative estimate of drug-likeness (QED) is 0.181. The molecule has 13 heteroatoms. The summed E-state index contributed by atoms with van der Waals surface area (Å²) in [4.78, 5) is 25.9. The van der Waals surface area contributed by atoms with E-state index in [9.17, 15) is 29.3 Å². The summed E-state index contributed by atoms with van der Waals surface area (Å²) >= 11 is 0. The van der Waals surface area contributed by atoms with Gasteiger partial charge < -0.3 is 35.6 Å². The molecular formula is C13H22FN4O8+. The van der Waals surface area contributed by atoms with E-state index in [-0.39, 0.29) is 0 Å². The summed E-state index contributed by atoms with van der Waals surface area (Å²) in [5.74, 6) is -6.91. The minimum Gasteiger partial charge on any atom is -0.477 e. The van der Waals surface area contributed by atoms with E-state index >= 15 is 0 Å². The summed E-state index contributed by atoms with van der Waals surface area (Å²) in [5.41, 5.74) is 6.77. The predicted molar refractivity (Wildman–Crippen MR) is 79.3 cm³/mol. The fraction of sp³-hybridized carbons (Fsp3) is 0.846. The third kappa shape index (κ3) is 4.20. The number of hydrogen-bond donors (Lipinski definition) is 7. The summed E-state index contributed by atoms with van der Waals surface area (Å²) < 4.78 is 19.4. The van der Waals surface area contributed by atoms with Crippen molar-refractivity contribution in [1.82, 2.24) is 10.2 Å². The average molecular weight is 381 g/mol. The van der Waals surface area contributed by atoms with Gasteiger partial charge in [0.15, 0.2) is 12.2 Å². The lowest BCUT2D eigenvalue weighted by Gasteiger charge is -2.45. The Morgan fingerprint density at radius 2 is 2.00 bits per heavy atom. The van der Waals surface area contributed by atoms with Crippen molar-refractivity contribution in [3.05, 3.63) is 0 Å². The summed E-state index contributed by atoms with van der Waals surface area (Å²) in [5, 5.41) is 53.3. The molecule has 0 aromatic carbocycles. The second kappa shape index (κ2) is 8.58. The highest BCUT2D eigenvalue weighted by Gasteiger charge is 2.63. The number of carbonyl (C=O) groups is 2. The van der Waals surface area contributed by atoms with Crippen molar-refractivity contribution < 1.29 is 44.2 Å². The van der Waals surface area contributed by atoms with E-state index in [1.807, 2.05) is 0 Å². The lowest BCUT2D eigenvalue weighted by Crippen LogP contribution is -2.72. The Kier molecular flexibility index (Phi) is 7.26. The molecule has 0 bridgehead atoms. The van der Waals surface area contributed by atoms with E-state index in [0.29, 0.717) is 0 Å². The van der Waals surface area contributed by atoms with Crippen molar-refractivity contribution >= 4 is 11.9 Å². The van der Waals surface area contributed by atoms with Gasteiger partial charge in [-0.1, -0.05) is 13.8 Å². The number of rotatable bonds is 7. The maximum atomic E-state index is 14.6. The van der Waals surface area contributed by atoms with Gasteiger partial charge in [-0.05, 0) is 0 Å².